The third kappa shape index (κ3) is 7.17. The Morgan fingerprint density at radius 1 is 0.396 bits per heavy atom. The number of rotatable bonds is 4. The lowest BCUT2D eigenvalue weighted by Gasteiger charge is -2.22. The number of nitrogens with two attached hydrogens (primary N) is 2. The molecule has 9 rings (SSSR count). The van der Waals surface area contributed by atoms with Crippen molar-refractivity contribution in [1.82, 2.24) is 0 Å². The molecule has 53 heavy (non-hydrogen) atoms. The molecule has 4 nitrogen and oxygen atoms in total. The molecule has 0 aromatic heterocycles. The molecular formula is C49H46N4. The first-order chi connectivity index (χ1) is 25.7. The predicted molar refractivity (Wildman–Crippen MR) is 230 cm³/mol. The van der Waals surface area contributed by atoms with Gasteiger partial charge < -0.3 is 22.1 Å². The van der Waals surface area contributed by atoms with Crippen LogP contribution in [-0.2, 0) is 5.41 Å². The van der Waals surface area contributed by atoms with Gasteiger partial charge in [-0.1, -0.05) is 123 Å². The van der Waals surface area contributed by atoms with E-state index < -0.39 is 0 Å². The van der Waals surface area contributed by atoms with Crippen LogP contribution < -0.4 is 22.1 Å². The smallest absolute Gasteiger partial charge is 0.0617 e. The van der Waals surface area contributed by atoms with E-state index in [-0.39, 0.29) is 5.41 Å². The molecule has 0 amide bonds. The summed E-state index contributed by atoms with van der Waals surface area (Å²) in [4.78, 5) is 0. The largest absolute Gasteiger partial charge is 0.397 e. The van der Waals surface area contributed by atoms with Crippen molar-refractivity contribution < 1.29 is 0 Å². The van der Waals surface area contributed by atoms with Crippen LogP contribution >= 0.6 is 0 Å². The van der Waals surface area contributed by atoms with Crippen molar-refractivity contribution in [2.75, 3.05) is 22.1 Å². The van der Waals surface area contributed by atoms with Gasteiger partial charge in [0.05, 0.1) is 22.7 Å². The third-order valence-electron chi connectivity index (χ3n) is 10.3. The summed E-state index contributed by atoms with van der Waals surface area (Å²) in [5.41, 5.74) is 25.7. The maximum absolute atomic E-state index is 5.81. The van der Waals surface area contributed by atoms with Crippen LogP contribution in [0.4, 0.5) is 34.1 Å². The SMILES string of the molecule is Cc1c2ccccc2c(C)c2cc3c(cc12)-c1ccccc1C3(C)C.Nc1ccccc1Nc1ccccc1.Nc1ccccc1Nc1ccccc1. The van der Waals surface area contributed by atoms with E-state index in [9.17, 15) is 0 Å². The van der Waals surface area contributed by atoms with E-state index >= 15 is 0 Å². The van der Waals surface area contributed by atoms with Gasteiger partial charge in [-0.15, -0.1) is 0 Å². The lowest BCUT2D eigenvalue weighted by molar-refractivity contribution is 0.661. The second-order valence-corrected chi connectivity index (χ2v) is 14.1. The van der Waals surface area contributed by atoms with Gasteiger partial charge in [0.1, 0.15) is 0 Å². The van der Waals surface area contributed by atoms with Crippen molar-refractivity contribution in [2.24, 2.45) is 0 Å². The van der Waals surface area contributed by atoms with Gasteiger partial charge >= 0.3 is 0 Å². The minimum atomic E-state index is 0.0616. The topological polar surface area (TPSA) is 76.1 Å². The summed E-state index contributed by atoms with van der Waals surface area (Å²) in [6.07, 6.45) is 0. The summed E-state index contributed by atoms with van der Waals surface area (Å²) >= 11 is 0. The minimum absolute atomic E-state index is 0.0616. The van der Waals surface area contributed by atoms with Crippen molar-refractivity contribution in [1.29, 1.82) is 0 Å². The quantitative estimate of drug-likeness (QED) is 0.110. The number of hydrogen-bond acceptors (Lipinski definition) is 4. The van der Waals surface area contributed by atoms with Crippen molar-refractivity contribution >= 4 is 55.7 Å². The van der Waals surface area contributed by atoms with E-state index in [1.165, 1.54) is 54.9 Å². The van der Waals surface area contributed by atoms with Gasteiger partial charge in [-0.3, -0.25) is 0 Å². The zero-order valence-corrected chi connectivity index (χ0v) is 30.8. The standard InChI is InChI=1S/C25H22.2C12H12N2/c1-15-17-9-5-6-10-18(17)16(2)21-14-24-22(13-20(15)21)19-11-7-8-12-23(19)25(24,3)4;2*13-11-8-4-5-9-12(11)14-10-6-2-1-3-7-10/h5-14H,1-4H3;2*1-9,14H,13H2. The fraction of sp³-hybridized carbons (Fsp3) is 0.102. The van der Waals surface area contributed by atoms with Gasteiger partial charge in [-0.2, -0.15) is 0 Å². The molecular weight excluding hydrogens is 645 g/mol. The molecule has 0 fully saturated rings. The molecule has 0 aliphatic heterocycles. The summed E-state index contributed by atoms with van der Waals surface area (Å²) in [7, 11) is 0. The fourth-order valence-electron chi connectivity index (χ4n) is 7.37. The van der Waals surface area contributed by atoms with E-state index in [0.29, 0.717) is 0 Å². The molecule has 0 saturated heterocycles. The van der Waals surface area contributed by atoms with Crippen LogP contribution in [0.3, 0.4) is 0 Å². The third-order valence-corrected chi connectivity index (χ3v) is 10.3. The zero-order chi connectivity index (χ0) is 37.0. The Balaban J connectivity index is 0.000000133. The fourth-order valence-corrected chi connectivity index (χ4v) is 7.37. The summed E-state index contributed by atoms with van der Waals surface area (Å²) < 4.78 is 0. The first-order valence-corrected chi connectivity index (χ1v) is 18.1. The number of benzene rings is 8. The van der Waals surface area contributed by atoms with E-state index in [1.807, 2.05) is 109 Å². The number of para-hydroxylation sites is 6. The summed E-state index contributed by atoms with van der Waals surface area (Å²) in [6.45, 7) is 9.24. The predicted octanol–water partition coefficient (Wildman–Crippen LogP) is 12.9. The lowest BCUT2D eigenvalue weighted by atomic mass is 9.81. The van der Waals surface area contributed by atoms with Gasteiger partial charge in [-0.25, -0.2) is 0 Å². The van der Waals surface area contributed by atoms with Crippen LogP contribution in [0, 0.1) is 13.8 Å². The first kappa shape index (κ1) is 34.9. The van der Waals surface area contributed by atoms with Crippen molar-refractivity contribution in [3.05, 3.63) is 192 Å². The molecule has 4 heteroatoms. The van der Waals surface area contributed by atoms with Crippen LogP contribution in [-0.4, -0.2) is 0 Å². The molecule has 0 bridgehead atoms. The highest BCUT2D eigenvalue weighted by Crippen LogP contribution is 2.50. The average Bonchev–Trinajstić information content (AvgIpc) is 3.42. The number of anilines is 6. The minimum Gasteiger partial charge on any atom is -0.397 e. The second-order valence-electron chi connectivity index (χ2n) is 14.1. The molecule has 0 radical (unpaired) electrons. The van der Waals surface area contributed by atoms with Crippen molar-refractivity contribution in [3.63, 3.8) is 0 Å². The number of fused-ring (bicyclic) bond motifs is 5. The van der Waals surface area contributed by atoms with E-state index in [2.05, 4.69) is 99.0 Å². The van der Waals surface area contributed by atoms with Crippen LogP contribution in [0.15, 0.2) is 170 Å². The maximum atomic E-state index is 5.81. The number of nitrogens with one attached hydrogen (secondary N) is 2. The summed E-state index contributed by atoms with van der Waals surface area (Å²) in [5, 5.41) is 12.0. The Hall–Kier alpha value is -6.52. The normalized spacial score (nSPS) is 12.1. The van der Waals surface area contributed by atoms with Crippen LogP contribution in [0.1, 0.15) is 36.1 Å². The molecule has 0 unspecified atom stereocenters. The highest BCUT2D eigenvalue weighted by Gasteiger charge is 2.35. The molecule has 0 saturated carbocycles. The second kappa shape index (κ2) is 15.0. The Labute approximate surface area is 313 Å². The summed E-state index contributed by atoms with van der Waals surface area (Å²) in [5.74, 6) is 0. The van der Waals surface area contributed by atoms with E-state index in [0.717, 1.165) is 34.1 Å². The molecule has 1 aliphatic rings. The molecule has 8 aromatic rings. The first-order valence-electron chi connectivity index (χ1n) is 18.1. The number of nitrogen functional groups attached to an aromatic ring is 2. The Bertz CT molecular complexity index is 2440. The highest BCUT2D eigenvalue weighted by molar-refractivity contribution is 6.07. The molecule has 0 heterocycles. The van der Waals surface area contributed by atoms with Crippen molar-refractivity contribution in [2.45, 2.75) is 33.1 Å². The van der Waals surface area contributed by atoms with Crippen molar-refractivity contribution in [3.8, 4) is 11.1 Å². The molecule has 8 aromatic carbocycles. The van der Waals surface area contributed by atoms with E-state index in [1.54, 1.807) is 0 Å². The molecule has 262 valence electrons. The Morgan fingerprint density at radius 3 is 1.32 bits per heavy atom. The average molecular weight is 691 g/mol. The molecule has 6 N–H and O–H groups in total. The van der Waals surface area contributed by atoms with Gasteiger partial charge in [0.15, 0.2) is 0 Å². The van der Waals surface area contributed by atoms with Gasteiger partial charge in [0.25, 0.3) is 0 Å². The Kier molecular flexibility index (Phi) is 9.87. The monoisotopic (exact) mass is 690 g/mol. The number of hydrogen-bond donors (Lipinski definition) is 4. The zero-order valence-electron chi connectivity index (χ0n) is 30.8. The van der Waals surface area contributed by atoms with Crippen LogP contribution in [0.2, 0.25) is 0 Å². The van der Waals surface area contributed by atoms with Gasteiger partial charge in [0, 0.05) is 16.8 Å². The number of aryl methyl sites for hydroxylation is 2. The van der Waals surface area contributed by atoms with Crippen LogP contribution in [0.5, 0.6) is 0 Å². The van der Waals surface area contributed by atoms with E-state index in [4.69, 9.17) is 11.5 Å². The lowest BCUT2D eigenvalue weighted by Crippen LogP contribution is -2.14. The van der Waals surface area contributed by atoms with Gasteiger partial charge in [0.2, 0.25) is 0 Å². The van der Waals surface area contributed by atoms with Crippen LogP contribution in [0.25, 0.3) is 32.7 Å². The molecule has 1 aliphatic carbocycles. The highest BCUT2D eigenvalue weighted by atomic mass is 14.9. The Morgan fingerprint density at radius 2 is 0.811 bits per heavy atom. The van der Waals surface area contributed by atoms with Gasteiger partial charge in [-0.05, 0) is 129 Å². The summed E-state index contributed by atoms with van der Waals surface area (Å²) in [6, 6.07) is 58.0. The molecule has 0 atom stereocenters. The maximum Gasteiger partial charge on any atom is 0.0617 e. The molecule has 0 spiro atoms.